The minimum atomic E-state index is -2.48. The summed E-state index contributed by atoms with van der Waals surface area (Å²) >= 11 is 0. The first kappa shape index (κ1) is 19.1. The lowest BCUT2D eigenvalue weighted by atomic mass is 9.79. The topological polar surface area (TPSA) is 75.9 Å². The van der Waals surface area contributed by atoms with Crippen LogP contribution in [0.2, 0.25) is 0 Å². The van der Waals surface area contributed by atoms with Gasteiger partial charge in [-0.2, -0.15) is 5.10 Å². The van der Waals surface area contributed by atoms with Crippen LogP contribution in [0.1, 0.15) is 32.0 Å². The summed E-state index contributed by atoms with van der Waals surface area (Å²) in [5, 5.41) is 3.99. The smallest absolute Gasteiger partial charge is 0.258 e. The van der Waals surface area contributed by atoms with Crippen molar-refractivity contribution in [1.29, 1.82) is 0 Å². The normalized spacial score (nSPS) is 18.2. The van der Waals surface area contributed by atoms with Gasteiger partial charge in [0.15, 0.2) is 5.65 Å². The third-order valence-electron chi connectivity index (χ3n) is 6.00. The molecule has 0 bridgehead atoms. The summed E-state index contributed by atoms with van der Waals surface area (Å²) in [6, 6.07) is 0. The van der Waals surface area contributed by atoms with Crippen LogP contribution in [0.15, 0.2) is 24.8 Å². The van der Waals surface area contributed by atoms with Crippen molar-refractivity contribution in [3.05, 3.63) is 30.6 Å². The summed E-state index contributed by atoms with van der Waals surface area (Å²) in [4.78, 5) is 22.4. The van der Waals surface area contributed by atoms with Crippen LogP contribution in [-0.4, -0.2) is 62.3 Å². The summed E-state index contributed by atoms with van der Waals surface area (Å²) in [6.07, 6.45) is 5.59. The van der Waals surface area contributed by atoms with Gasteiger partial charge in [0, 0.05) is 37.5 Å². The van der Waals surface area contributed by atoms with Gasteiger partial charge < -0.3 is 9.80 Å². The van der Waals surface area contributed by atoms with Crippen LogP contribution in [0.25, 0.3) is 11.2 Å². The SMILES string of the molecule is CC(C)c1ncc(N2CC3(CCN(c4cnc5cnn(CC(F)F)c5n4)C3)C2)cn1. The van der Waals surface area contributed by atoms with E-state index in [1.807, 2.05) is 12.4 Å². The fourth-order valence-corrected chi connectivity index (χ4v) is 4.38. The van der Waals surface area contributed by atoms with E-state index in [2.05, 4.69) is 48.7 Å². The number of anilines is 2. The van der Waals surface area contributed by atoms with E-state index in [9.17, 15) is 8.78 Å². The molecular weight excluding hydrogens is 390 g/mol. The molecule has 0 atom stereocenters. The quantitative estimate of drug-likeness (QED) is 0.635. The van der Waals surface area contributed by atoms with Crippen molar-refractivity contribution in [3.8, 4) is 0 Å². The van der Waals surface area contributed by atoms with Crippen LogP contribution in [0.4, 0.5) is 20.3 Å². The van der Waals surface area contributed by atoms with Gasteiger partial charge in [-0.25, -0.2) is 33.4 Å². The molecule has 2 aliphatic heterocycles. The van der Waals surface area contributed by atoms with Gasteiger partial charge in [-0.05, 0) is 6.42 Å². The molecule has 1 spiro atoms. The number of rotatable bonds is 5. The molecule has 5 rings (SSSR count). The number of alkyl halides is 2. The van der Waals surface area contributed by atoms with Gasteiger partial charge in [-0.1, -0.05) is 13.8 Å². The van der Waals surface area contributed by atoms with E-state index in [0.29, 0.717) is 17.1 Å². The zero-order chi connectivity index (χ0) is 20.9. The number of halogens is 2. The predicted octanol–water partition coefficient (Wildman–Crippen LogP) is 2.72. The van der Waals surface area contributed by atoms with Crippen LogP contribution in [0.3, 0.4) is 0 Å². The second-order valence-corrected chi connectivity index (χ2v) is 8.64. The van der Waals surface area contributed by atoms with E-state index in [0.717, 1.165) is 49.9 Å². The molecule has 30 heavy (non-hydrogen) atoms. The number of hydrogen-bond donors (Lipinski definition) is 0. The van der Waals surface area contributed by atoms with Gasteiger partial charge in [0.25, 0.3) is 6.43 Å². The van der Waals surface area contributed by atoms with E-state index in [1.54, 1.807) is 6.20 Å². The zero-order valence-electron chi connectivity index (χ0n) is 17.0. The minimum Gasteiger partial charge on any atom is -0.368 e. The van der Waals surface area contributed by atoms with E-state index >= 15 is 0 Å². The fraction of sp³-hybridized carbons (Fsp3) is 0.550. The molecule has 3 aromatic rings. The molecule has 8 nitrogen and oxygen atoms in total. The van der Waals surface area contributed by atoms with Crippen LogP contribution >= 0.6 is 0 Å². The Bertz CT molecular complexity index is 1040. The molecule has 5 heterocycles. The predicted molar refractivity (Wildman–Crippen MR) is 109 cm³/mol. The van der Waals surface area contributed by atoms with Gasteiger partial charge in [0.05, 0.1) is 30.5 Å². The third kappa shape index (κ3) is 3.33. The highest BCUT2D eigenvalue weighted by molar-refractivity contribution is 5.71. The summed E-state index contributed by atoms with van der Waals surface area (Å²) in [5.41, 5.74) is 2.20. The Morgan fingerprint density at radius 3 is 2.43 bits per heavy atom. The van der Waals surface area contributed by atoms with Crippen LogP contribution in [-0.2, 0) is 6.54 Å². The molecular formula is C20H24F2N8. The molecule has 0 aliphatic carbocycles. The van der Waals surface area contributed by atoms with Crippen molar-refractivity contribution in [2.75, 3.05) is 36.0 Å². The van der Waals surface area contributed by atoms with Gasteiger partial charge in [-0.3, -0.25) is 0 Å². The Morgan fingerprint density at radius 2 is 1.73 bits per heavy atom. The number of hydrogen-bond acceptors (Lipinski definition) is 7. The first-order valence-electron chi connectivity index (χ1n) is 10.2. The Kier molecular flexibility index (Phi) is 4.52. The number of aromatic nitrogens is 6. The molecule has 0 radical (unpaired) electrons. The summed E-state index contributed by atoms with van der Waals surface area (Å²) in [7, 11) is 0. The molecule has 0 aromatic carbocycles. The largest absolute Gasteiger partial charge is 0.368 e. The lowest BCUT2D eigenvalue weighted by Gasteiger charge is -2.49. The zero-order valence-corrected chi connectivity index (χ0v) is 17.0. The van der Waals surface area contributed by atoms with E-state index < -0.39 is 13.0 Å². The maximum Gasteiger partial charge on any atom is 0.258 e. The second-order valence-electron chi connectivity index (χ2n) is 8.64. The van der Waals surface area contributed by atoms with Gasteiger partial charge in [0.2, 0.25) is 0 Å². The maximum atomic E-state index is 12.8. The second kappa shape index (κ2) is 7.10. The average Bonchev–Trinajstić information content (AvgIpc) is 3.31. The highest BCUT2D eigenvalue weighted by Gasteiger charge is 2.48. The molecule has 2 aliphatic rings. The van der Waals surface area contributed by atoms with E-state index in [1.165, 1.54) is 10.9 Å². The lowest BCUT2D eigenvalue weighted by molar-refractivity contribution is 0.123. The van der Waals surface area contributed by atoms with Crippen molar-refractivity contribution in [1.82, 2.24) is 29.7 Å². The van der Waals surface area contributed by atoms with Crippen LogP contribution in [0.5, 0.6) is 0 Å². The van der Waals surface area contributed by atoms with Crippen LogP contribution in [0, 0.1) is 5.41 Å². The summed E-state index contributed by atoms with van der Waals surface area (Å²) in [5.74, 6) is 1.90. The fourth-order valence-electron chi connectivity index (χ4n) is 4.38. The molecule has 158 valence electrons. The average molecular weight is 414 g/mol. The first-order chi connectivity index (χ1) is 14.4. The van der Waals surface area contributed by atoms with E-state index in [-0.39, 0.29) is 5.41 Å². The third-order valence-corrected chi connectivity index (χ3v) is 6.00. The van der Waals surface area contributed by atoms with E-state index in [4.69, 9.17) is 0 Å². The van der Waals surface area contributed by atoms with Crippen molar-refractivity contribution < 1.29 is 8.78 Å². The van der Waals surface area contributed by atoms with Crippen molar-refractivity contribution in [2.45, 2.75) is 39.2 Å². The van der Waals surface area contributed by atoms with Gasteiger partial charge in [0.1, 0.15) is 23.7 Å². The van der Waals surface area contributed by atoms with Gasteiger partial charge in [-0.15, -0.1) is 0 Å². The molecule has 10 heteroatoms. The Morgan fingerprint density at radius 1 is 1.00 bits per heavy atom. The molecule has 2 fully saturated rings. The first-order valence-corrected chi connectivity index (χ1v) is 10.2. The highest BCUT2D eigenvalue weighted by atomic mass is 19.3. The van der Waals surface area contributed by atoms with Gasteiger partial charge >= 0.3 is 0 Å². The molecule has 2 saturated heterocycles. The molecule has 0 N–H and O–H groups in total. The molecule has 0 amide bonds. The number of fused-ring (bicyclic) bond motifs is 1. The molecule has 0 saturated carbocycles. The minimum absolute atomic E-state index is 0.205. The summed E-state index contributed by atoms with van der Waals surface area (Å²) < 4.78 is 26.8. The number of nitrogens with zero attached hydrogens (tertiary/aromatic N) is 8. The Hall–Kier alpha value is -2.91. The lowest BCUT2D eigenvalue weighted by Crippen LogP contribution is -2.57. The summed E-state index contributed by atoms with van der Waals surface area (Å²) in [6.45, 7) is 7.35. The van der Waals surface area contributed by atoms with Crippen molar-refractivity contribution in [2.24, 2.45) is 5.41 Å². The Labute approximate surface area is 173 Å². The molecule has 0 unspecified atom stereocenters. The molecule has 3 aromatic heterocycles. The standard InChI is InChI=1S/C20H24F2N8/c1-13(2)18-24-5-14(6-25-18)29-11-20(12-29)3-4-28(10-20)17-8-23-15-7-26-30(9-16(21)22)19(15)27-17/h5-8,13,16H,3-4,9-12H2,1-2H3. The van der Waals surface area contributed by atoms with Crippen molar-refractivity contribution >= 4 is 22.7 Å². The monoisotopic (exact) mass is 414 g/mol. The highest BCUT2D eigenvalue weighted by Crippen LogP contribution is 2.42. The van der Waals surface area contributed by atoms with Crippen molar-refractivity contribution in [3.63, 3.8) is 0 Å². The Balaban J connectivity index is 1.27. The van der Waals surface area contributed by atoms with Crippen LogP contribution < -0.4 is 9.80 Å². The maximum absolute atomic E-state index is 12.8.